The van der Waals surface area contributed by atoms with Crippen molar-refractivity contribution in [2.45, 2.75) is 38.6 Å². The average Bonchev–Trinajstić information content (AvgIpc) is 2.76. The van der Waals surface area contributed by atoms with Crippen LogP contribution in [-0.2, 0) is 16.0 Å². The number of carbonyl (C=O) groups is 2. The van der Waals surface area contributed by atoms with E-state index in [-0.39, 0.29) is 24.0 Å². The second-order valence-electron chi connectivity index (χ2n) is 8.59. The van der Waals surface area contributed by atoms with Crippen molar-refractivity contribution in [2.24, 2.45) is 5.92 Å². The molecule has 0 radical (unpaired) electrons. The van der Waals surface area contributed by atoms with E-state index in [9.17, 15) is 14.7 Å². The lowest BCUT2D eigenvalue weighted by Crippen LogP contribution is -2.55. The van der Waals surface area contributed by atoms with Gasteiger partial charge >= 0.3 is 5.97 Å². The predicted molar refractivity (Wildman–Crippen MR) is 126 cm³/mol. The highest BCUT2D eigenvalue weighted by molar-refractivity contribution is 9.11. The van der Waals surface area contributed by atoms with Crippen LogP contribution < -0.4 is 0 Å². The Bertz CT molecular complexity index is 768. The number of likely N-dealkylation sites (tertiary alicyclic amines) is 1. The molecule has 2 aliphatic rings. The maximum absolute atomic E-state index is 13.0. The van der Waals surface area contributed by atoms with Crippen LogP contribution in [0.3, 0.4) is 0 Å². The Hall–Kier alpha value is -1.16. The third-order valence-electron chi connectivity index (χ3n) is 6.38. The van der Waals surface area contributed by atoms with Gasteiger partial charge in [0.2, 0.25) is 5.91 Å². The molecule has 2 fully saturated rings. The summed E-state index contributed by atoms with van der Waals surface area (Å²) in [6, 6.07) is 4.26. The van der Waals surface area contributed by atoms with Crippen molar-refractivity contribution in [3.05, 3.63) is 26.6 Å². The third-order valence-corrected chi connectivity index (χ3v) is 7.59. The van der Waals surface area contributed by atoms with Gasteiger partial charge < -0.3 is 20.0 Å². The minimum absolute atomic E-state index is 0.118. The maximum atomic E-state index is 13.0. The Morgan fingerprint density at radius 1 is 1.06 bits per heavy atom. The minimum atomic E-state index is -0.733. The van der Waals surface area contributed by atoms with Crippen LogP contribution in [0.4, 0.5) is 0 Å². The summed E-state index contributed by atoms with van der Waals surface area (Å²) < 4.78 is 1.25. The van der Waals surface area contributed by atoms with Crippen molar-refractivity contribution < 1.29 is 19.8 Å². The average molecular weight is 561 g/mol. The molecule has 1 aromatic carbocycles. The molecule has 9 heteroatoms. The van der Waals surface area contributed by atoms with E-state index in [0.717, 1.165) is 57.7 Å². The zero-order valence-electron chi connectivity index (χ0n) is 17.9. The van der Waals surface area contributed by atoms with E-state index in [1.165, 1.54) is 0 Å². The number of hydrogen-bond donors (Lipinski definition) is 2. The molecule has 1 aromatic rings. The molecule has 31 heavy (non-hydrogen) atoms. The normalized spacial score (nSPS) is 20.0. The van der Waals surface area contributed by atoms with Crippen molar-refractivity contribution >= 4 is 43.7 Å². The predicted octanol–water partition coefficient (Wildman–Crippen LogP) is 3.18. The summed E-state index contributed by atoms with van der Waals surface area (Å²) in [5, 5.41) is 18.7. The molecule has 1 amide bonds. The van der Waals surface area contributed by atoms with Crippen molar-refractivity contribution in [2.75, 3.05) is 45.8 Å². The number of phenolic OH excluding ortho intramolecular Hbond substituents is 1. The van der Waals surface area contributed by atoms with Crippen molar-refractivity contribution in [3.8, 4) is 5.75 Å². The summed E-state index contributed by atoms with van der Waals surface area (Å²) in [6.07, 6.45) is 2.97. The fourth-order valence-electron chi connectivity index (χ4n) is 4.56. The molecule has 0 spiro atoms. The van der Waals surface area contributed by atoms with Gasteiger partial charge in [-0.05, 0) is 81.9 Å². The van der Waals surface area contributed by atoms with Gasteiger partial charge in [-0.2, -0.15) is 0 Å². The number of benzene rings is 1. The van der Waals surface area contributed by atoms with Crippen LogP contribution in [0.25, 0.3) is 0 Å². The standard InChI is InChI=1S/C22H31Br2N3O4/c1-15(12-16-13-18(23)21(30)19(24)14-16)22(31)27-10-8-26(9-11-27)17-2-5-25(6-3-17)7-4-20(28)29/h13-15,17,30H,2-12H2,1H3,(H,28,29)/t15-/m1/s1. The van der Waals surface area contributed by atoms with E-state index in [4.69, 9.17) is 5.11 Å². The number of amides is 1. The number of nitrogens with zero attached hydrogens (tertiary/aromatic N) is 3. The van der Waals surface area contributed by atoms with Gasteiger partial charge in [0.1, 0.15) is 5.75 Å². The van der Waals surface area contributed by atoms with Crippen LogP contribution in [0.15, 0.2) is 21.1 Å². The first-order valence-corrected chi connectivity index (χ1v) is 12.5. The number of carbonyl (C=O) groups excluding carboxylic acids is 1. The smallest absolute Gasteiger partial charge is 0.304 e. The molecule has 2 heterocycles. The number of carboxylic acids is 1. The molecule has 1 atom stereocenters. The largest absolute Gasteiger partial charge is 0.506 e. The van der Waals surface area contributed by atoms with Gasteiger partial charge in [-0.1, -0.05) is 6.92 Å². The van der Waals surface area contributed by atoms with Gasteiger partial charge in [-0.15, -0.1) is 0 Å². The maximum Gasteiger partial charge on any atom is 0.304 e. The molecule has 2 aliphatic heterocycles. The van der Waals surface area contributed by atoms with E-state index in [1.54, 1.807) is 0 Å². The van der Waals surface area contributed by atoms with Crippen LogP contribution in [0.2, 0.25) is 0 Å². The summed E-state index contributed by atoms with van der Waals surface area (Å²) in [4.78, 5) is 30.4. The van der Waals surface area contributed by atoms with Gasteiger partial charge in [0.05, 0.1) is 15.4 Å². The summed E-state index contributed by atoms with van der Waals surface area (Å²) in [5.41, 5.74) is 1.01. The Morgan fingerprint density at radius 3 is 2.19 bits per heavy atom. The highest BCUT2D eigenvalue weighted by Gasteiger charge is 2.30. The number of phenols is 1. The fourth-order valence-corrected chi connectivity index (χ4v) is 5.84. The van der Waals surface area contributed by atoms with Gasteiger partial charge in [0.15, 0.2) is 0 Å². The number of aromatic hydroxyl groups is 1. The van der Waals surface area contributed by atoms with Gasteiger partial charge in [0.25, 0.3) is 0 Å². The van der Waals surface area contributed by atoms with Crippen LogP contribution in [0.1, 0.15) is 31.7 Å². The Kier molecular flexibility index (Phi) is 8.78. The molecular weight excluding hydrogens is 530 g/mol. The summed E-state index contributed by atoms with van der Waals surface area (Å²) in [6.45, 7) is 7.81. The number of halogens is 2. The van der Waals surface area contributed by atoms with Gasteiger partial charge in [-0.3, -0.25) is 14.5 Å². The molecule has 0 unspecified atom stereocenters. The first-order valence-electron chi connectivity index (χ1n) is 10.9. The number of carboxylic acid groups (broad SMARTS) is 1. The topological polar surface area (TPSA) is 84.3 Å². The van der Waals surface area contributed by atoms with Gasteiger partial charge in [-0.25, -0.2) is 0 Å². The molecule has 0 bridgehead atoms. The summed E-state index contributed by atoms with van der Waals surface area (Å²) in [5.74, 6) is -0.495. The van der Waals surface area contributed by atoms with Crippen LogP contribution >= 0.6 is 31.9 Å². The molecule has 0 aromatic heterocycles. The second kappa shape index (κ2) is 11.1. The molecule has 172 valence electrons. The fraction of sp³-hybridized carbons (Fsp3) is 0.636. The number of aliphatic carboxylic acids is 1. The quantitative estimate of drug-likeness (QED) is 0.533. The van der Waals surface area contributed by atoms with Crippen molar-refractivity contribution in [1.29, 1.82) is 0 Å². The molecule has 0 saturated carbocycles. The number of hydrogen-bond acceptors (Lipinski definition) is 5. The van der Waals surface area contributed by atoms with Crippen LogP contribution in [0, 0.1) is 5.92 Å². The minimum Gasteiger partial charge on any atom is -0.506 e. The monoisotopic (exact) mass is 559 g/mol. The number of piperazine rings is 1. The zero-order valence-corrected chi connectivity index (χ0v) is 21.1. The van der Waals surface area contributed by atoms with E-state index in [1.807, 2.05) is 24.0 Å². The summed E-state index contributed by atoms with van der Waals surface area (Å²) in [7, 11) is 0. The first kappa shape index (κ1) is 24.5. The lowest BCUT2D eigenvalue weighted by Gasteiger charge is -2.43. The van der Waals surface area contributed by atoms with E-state index in [0.29, 0.717) is 28.0 Å². The van der Waals surface area contributed by atoms with E-state index in [2.05, 4.69) is 41.7 Å². The van der Waals surface area contributed by atoms with E-state index < -0.39 is 5.97 Å². The van der Waals surface area contributed by atoms with Crippen LogP contribution in [-0.4, -0.2) is 88.6 Å². The Labute approximate surface area is 200 Å². The lowest BCUT2D eigenvalue weighted by atomic mass is 9.98. The van der Waals surface area contributed by atoms with Crippen LogP contribution in [0.5, 0.6) is 5.75 Å². The first-order chi connectivity index (χ1) is 14.7. The highest BCUT2D eigenvalue weighted by Crippen LogP contribution is 2.34. The molecule has 3 rings (SSSR count). The Balaban J connectivity index is 1.44. The number of piperidine rings is 1. The molecule has 2 saturated heterocycles. The van der Waals surface area contributed by atoms with Gasteiger partial charge in [0, 0.05) is 44.7 Å². The molecule has 0 aliphatic carbocycles. The van der Waals surface area contributed by atoms with Crippen molar-refractivity contribution in [3.63, 3.8) is 0 Å². The van der Waals surface area contributed by atoms with Crippen molar-refractivity contribution in [1.82, 2.24) is 14.7 Å². The number of rotatable bonds is 7. The zero-order chi connectivity index (χ0) is 22.5. The SMILES string of the molecule is C[C@H](Cc1cc(Br)c(O)c(Br)c1)C(=O)N1CCN(C2CCN(CCC(=O)O)CC2)CC1. The second-order valence-corrected chi connectivity index (χ2v) is 10.3. The Morgan fingerprint density at radius 2 is 1.65 bits per heavy atom. The molecular formula is C22H31Br2N3O4. The third kappa shape index (κ3) is 6.66. The molecule has 7 nitrogen and oxygen atoms in total. The molecule has 2 N–H and O–H groups in total. The lowest BCUT2D eigenvalue weighted by molar-refractivity contribution is -0.138. The summed E-state index contributed by atoms with van der Waals surface area (Å²) >= 11 is 6.71. The highest BCUT2D eigenvalue weighted by atomic mass is 79.9. The van der Waals surface area contributed by atoms with E-state index >= 15 is 0 Å².